The molecule has 1 aliphatic heterocycles. The number of piperazine rings is 1. The highest BCUT2D eigenvalue weighted by atomic mass is 35.5. The summed E-state index contributed by atoms with van der Waals surface area (Å²) in [4.78, 5) is 12.7. The number of hydrogen-bond donors (Lipinski definition) is 1. The first kappa shape index (κ1) is 10.7. The van der Waals surface area contributed by atoms with Crippen LogP contribution in [0.25, 0.3) is 0 Å². The van der Waals surface area contributed by atoms with Crippen molar-refractivity contribution in [2.45, 2.75) is 19.9 Å². The molecule has 1 fully saturated rings. The number of carbonyl (C=O) groups is 1. The van der Waals surface area contributed by atoms with Gasteiger partial charge < -0.3 is 10.2 Å². The van der Waals surface area contributed by atoms with Gasteiger partial charge in [0.15, 0.2) is 0 Å². The van der Waals surface area contributed by atoms with E-state index < -0.39 is 0 Å². The van der Waals surface area contributed by atoms with Gasteiger partial charge in [-0.1, -0.05) is 0 Å². The summed E-state index contributed by atoms with van der Waals surface area (Å²) in [6.07, 6.45) is 0. The predicted octanol–water partition coefficient (Wildman–Crippen LogP) is 0.248. The molecule has 0 saturated carbocycles. The van der Waals surface area contributed by atoms with Gasteiger partial charge in [0.05, 0.1) is 0 Å². The van der Waals surface area contributed by atoms with Crippen molar-refractivity contribution in [1.29, 1.82) is 0 Å². The minimum Gasteiger partial charge on any atom is -0.340 e. The highest BCUT2D eigenvalue weighted by Crippen LogP contribution is 1.97. The topological polar surface area (TPSA) is 32.3 Å². The van der Waals surface area contributed by atoms with E-state index in [9.17, 15) is 4.79 Å². The van der Waals surface area contributed by atoms with E-state index in [1.807, 2.05) is 4.90 Å². The lowest BCUT2D eigenvalue weighted by Crippen LogP contribution is -2.50. The minimum absolute atomic E-state index is 0. The molecule has 3 nitrogen and oxygen atoms in total. The van der Waals surface area contributed by atoms with Crippen molar-refractivity contribution in [3.63, 3.8) is 0 Å². The van der Waals surface area contributed by atoms with Crippen LogP contribution in [0.1, 0.15) is 13.8 Å². The van der Waals surface area contributed by atoms with Gasteiger partial charge in [-0.05, 0) is 6.92 Å². The Labute approximate surface area is 73.5 Å². The van der Waals surface area contributed by atoms with Crippen molar-refractivity contribution in [3.05, 3.63) is 0 Å². The Bertz CT molecular complexity index is 140. The van der Waals surface area contributed by atoms with Crippen molar-refractivity contribution in [3.8, 4) is 0 Å². The first-order valence-corrected chi connectivity index (χ1v) is 3.69. The number of nitrogens with zero attached hydrogens (tertiary/aromatic N) is 1. The standard InChI is InChI=1S/C7H14N2O.ClH/c1-6-5-9(7(2)10)4-3-8-6;/h6,8H,3-5H2,1-2H3;1H/t6-;/m0./s1. The number of rotatable bonds is 0. The van der Waals surface area contributed by atoms with Crippen LogP contribution in [0.15, 0.2) is 0 Å². The van der Waals surface area contributed by atoms with Crippen LogP contribution in [0.2, 0.25) is 0 Å². The van der Waals surface area contributed by atoms with Crippen molar-refractivity contribution >= 4 is 18.3 Å². The van der Waals surface area contributed by atoms with Gasteiger partial charge in [-0.2, -0.15) is 0 Å². The van der Waals surface area contributed by atoms with E-state index >= 15 is 0 Å². The number of nitrogens with one attached hydrogen (secondary N) is 1. The molecule has 11 heavy (non-hydrogen) atoms. The molecular weight excluding hydrogens is 164 g/mol. The van der Waals surface area contributed by atoms with Crippen LogP contribution >= 0.6 is 12.4 Å². The molecule has 1 heterocycles. The van der Waals surface area contributed by atoms with Gasteiger partial charge in [-0.3, -0.25) is 4.79 Å². The lowest BCUT2D eigenvalue weighted by molar-refractivity contribution is -0.129. The molecule has 1 amide bonds. The van der Waals surface area contributed by atoms with E-state index in [2.05, 4.69) is 12.2 Å². The van der Waals surface area contributed by atoms with E-state index in [4.69, 9.17) is 0 Å². The Morgan fingerprint density at radius 3 is 2.64 bits per heavy atom. The third kappa shape index (κ3) is 3.08. The van der Waals surface area contributed by atoms with Crippen LogP contribution < -0.4 is 5.32 Å². The lowest BCUT2D eigenvalue weighted by Gasteiger charge is -2.30. The summed E-state index contributed by atoms with van der Waals surface area (Å²) in [5.41, 5.74) is 0. The zero-order valence-corrected chi connectivity index (χ0v) is 7.78. The molecular formula is C7H15ClN2O. The largest absolute Gasteiger partial charge is 0.340 e. The molecule has 0 aliphatic carbocycles. The summed E-state index contributed by atoms with van der Waals surface area (Å²) in [7, 11) is 0. The number of carbonyl (C=O) groups excluding carboxylic acids is 1. The van der Waals surface area contributed by atoms with E-state index in [1.165, 1.54) is 0 Å². The Kier molecular flexibility index (Phi) is 4.45. The molecule has 1 aliphatic rings. The molecule has 0 radical (unpaired) electrons. The Balaban J connectivity index is 0.000001000. The molecule has 1 atom stereocenters. The van der Waals surface area contributed by atoms with Gasteiger partial charge in [-0.15, -0.1) is 12.4 Å². The minimum atomic E-state index is 0. The number of hydrogen-bond acceptors (Lipinski definition) is 2. The highest BCUT2D eigenvalue weighted by molar-refractivity contribution is 5.85. The summed E-state index contributed by atoms with van der Waals surface area (Å²) in [5.74, 6) is 0.188. The predicted molar refractivity (Wildman–Crippen MR) is 47.0 cm³/mol. The van der Waals surface area contributed by atoms with Crippen LogP contribution in [-0.2, 0) is 4.79 Å². The SMILES string of the molecule is CC(=O)N1CCN[C@@H](C)C1.Cl. The second-order valence-electron chi connectivity index (χ2n) is 2.82. The molecule has 0 spiro atoms. The zero-order chi connectivity index (χ0) is 7.56. The number of amides is 1. The normalized spacial score (nSPS) is 24.2. The summed E-state index contributed by atoms with van der Waals surface area (Å²) < 4.78 is 0. The zero-order valence-electron chi connectivity index (χ0n) is 6.96. The Morgan fingerprint density at radius 2 is 2.27 bits per heavy atom. The third-order valence-corrected chi connectivity index (χ3v) is 1.81. The van der Waals surface area contributed by atoms with Gasteiger partial charge in [-0.25, -0.2) is 0 Å². The van der Waals surface area contributed by atoms with Crippen LogP contribution in [0.4, 0.5) is 0 Å². The maximum Gasteiger partial charge on any atom is 0.219 e. The van der Waals surface area contributed by atoms with Crippen LogP contribution in [0.5, 0.6) is 0 Å². The summed E-state index contributed by atoms with van der Waals surface area (Å²) in [6, 6.07) is 0.456. The first-order chi connectivity index (χ1) is 4.70. The average Bonchev–Trinajstić information content (AvgIpc) is 1.88. The van der Waals surface area contributed by atoms with Crippen molar-refractivity contribution in [2.75, 3.05) is 19.6 Å². The lowest BCUT2D eigenvalue weighted by atomic mass is 10.2. The summed E-state index contributed by atoms with van der Waals surface area (Å²) >= 11 is 0. The van der Waals surface area contributed by atoms with Crippen LogP contribution in [0.3, 0.4) is 0 Å². The van der Waals surface area contributed by atoms with Gasteiger partial charge >= 0.3 is 0 Å². The van der Waals surface area contributed by atoms with E-state index in [1.54, 1.807) is 6.92 Å². The molecule has 0 bridgehead atoms. The maximum atomic E-state index is 10.8. The van der Waals surface area contributed by atoms with Crippen LogP contribution in [-0.4, -0.2) is 36.5 Å². The molecule has 4 heteroatoms. The first-order valence-electron chi connectivity index (χ1n) is 3.69. The Morgan fingerprint density at radius 1 is 1.64 bits per heavy atom. The monoisotopic (exact) mass is 178 g/mol. The second-order valence-corrected chi connectivity index (χ2v) is 2.82. The highest BCUT2D eigenvalue weighted by Gasteiger charge is 2.16. The van der Waals surface area contributed by atoms with Crippen molar-refractivity contribution < 1.29 is 4.79 Å². The fourth-order valence-corrected chi connectivity index (χ4v) is 1.22. The van der Waals surface area contributed by atoms with Gasteiger partial charge in [0.1, 0.15) is 0 Å². The fraction of sp³-hybridized carbons (Fsp3) is 0.857. The Hall–Kier alpha value is -0.280. The molecule has 1 N–H and O–H groups in total. The summed E-state index contributed by atoms with van der Waals surface area (Å²) in [6.45, 7) is 6.36. The van der Waals surface area contributed by atoms with E-state index in [0.717, 1.165) is 19.6 Å². The smallest absolute Gasteiger partial charge is 0.219 e. The van der Waals surface area contributed by atoms with Crippen molar-refractivity contribution in [1.82, 2.24) is 10.2 Å². The molecule has 0 aromatic rings. The van der Waals surface area contributed by atoms with Gasteiger partial charge in [0, 0.05) is 32.6 Å². The van der Waals surface area contributed by atoms with E-state index in [-0.39, 0.29) is 18.3 Å². The maximum absolute atomic E-state index is 10.8. The molecule has 1 rings (SSSR count). The van der Waals surface area contributed by atoms with Crippen LogP contribution in [0, 0.1) is 0 Å². The summed E-state index contributed by atoms with van der Waals surface area (Å²) in [5, 5.41) is 3.27. The molecule has 66 valence electrons. The quantitative estimate of drug-likeness (QED) is 0.577. The average molecular weight is 179 g/mol. The molecule has 0 aromatic carbocycles. The second kappa shape index (κ2) is 4.57. The third-order valence-electron chi connectivity index (χ3n) is 1.81. The number of halogens is 1. The van der Waals surface area contributed by atoms with E-state index in [0.29, 0.717) is 6.04 Å². The molecule has 0 aromatic heterocycles. The fourth-order valence-electron chi connectivity index (χ4n) is 1.22. The molecule has 1 saturated heterocycles. The molecule has 0 unspecified atom stereocenters. The van der Waals surface area contributed by atoms with Gasteiger partial charge in [0.25, 0.3) is 0 Å². The van der Waals surface area contributed by atoms with Gasteiger partial charge in [0.2, 0.25) is 5.91 Å². The van der Waals surface area contributed by atoms with Crippen molar-refractivity contribution in [2.24, 2.45) is 0 Å².